The predicted octanol–water partition coefficient (Wildman–Crippen LogP) is 7.96. The van der Waals surface area contributed by atoms with E-state index in [0.717, 1.165) is 12.2 Å². The Morgan fingerprint density at radius 3 is 1.59 bits per heavy atom. The molecule has 1 aromatic rings. The van der Waals surface area contributed by atoms with Gasteiger partial charge in [-0.1, -0.05) is 0 Å². The number of allylic oxidation sites excluding steroid dienone is 4. The van der Waals surface area contributed by atoms with Gasteiger partial charge in [0.25, 0.3) is 0 Å². The van der Waals surface area contributed by atoms with Crippen LogP contribution in [0.25, 0.3) is 0 Å². The van der Waals surface area contributed by atoms with Crippen molar-refractivity contribution >= 4 is 34.0 Å². The zero-order chi connectivity index (χ0) is 19.0. The molecule has 0 heterocycles. The first-order valence-corrected chi connectivity index (χ1v) is 10.7. The summed E-state index contributed by atoms with van der Waals surface area (Å²) in [7, 11) is 0. The summed E-state index contributed by atoms with van der Waals surface area (Å²) in [4.78, 5) is 0. The third kappa shape index (κ3) is 7.17. The van der Waals surface area contributed by atoms with E-state index in [9.17, 15) is 0 Å². The van der Waals surface area contributed by atoms with E-state index in [1.165, 1.54) is 20.6 Å². The number of hydrogen-bond donors (Lipinski definition) is 0. The van der Waals surface area contributed by atoms with Crippen molar-refractivity contribution in [2.75, 3.05) is 0 Å². The summed E-state index contributed by atoms with van der Waals surface area (Å²) in [5.74, 6) is 1.14. The molecule has 0 radical (unpaired) electrons. The molecule has 2 rings (SSSR count). The Labute approximate surface area is 197 Å². The van der Waals surface area contributed by atoms with Crippen LogP contribution in [0.5, 0.6) is 5.75 Å². The number of rotatable bonds is 3. The molecule has 0 aromatic heterocycles. The van der Waals surface area contributed by atoms with Gasteiger partial charge in [0.05, 0.1) is 0 Å². The average Bonchev–Trinajstić information content (AvgIpc) is 2.94. The first-order chi connectivity index (χ1) is 11.3. The first-order valence-electron chi connectivity index (χ1n) is 9.28. The van der Waals surface area contributed by atoms with Gasteiger partial charge in [-0.25, -0.2) is 0 Å². The van der Waals surface area contributed by atoms with Gasteiger partial charge in [0.15, 0.2) is 0 Å². The van der Waals surface area contributed by atoms with E-state index >= 15 is 0 Å². The van der Waals surface area contributed by atoms with E-state index in [0.29, 0.717) is 0 Å². The summed E-state index contributed by atoms with van der Waals surface area (Å²) in [6.07, 6.45) is 7.67. The predicted molar refractivity (Wildman–Crippen MR) is 126 cm³/mol. The first kappa shape index (κ1) is 27.2. The molecule has 0 spiro atoms. The standard InChI is InChI=1S/C18H30O.C5H5.2BrH.Ti/c1-16(2,3)12-10-13(17(4,5)6)15(19)14(11-12)18(7,8)9;1-2-4-5-3-1;;;/h10-11,19H,1-9H3;1-3H,4H2;2*1H;/q;;;;+1/p-1. The second-order valence-electron chi connectivity index (χ2n) is 10.2. The Morgan fingerprint density at radius 2 is 1.26 bits per heavy atom. The molecule has 0 N–H and O–H groups in total. The van der Waals surface area contributed by atoms with Crippen molar-refractivity contribution in [2.45, 2.75) is 85.0 Å². The van der Waals surface area contributed by atoms with Crippen LogP contribution in [0.2, 0.25) is 0 Å². The van der Waals surface area contributed by atoms with E-state index in [4.69, 9.17) is 3.32 Å². The summed E-state index contributed by atoms with van der Waals surface area (Å²) >= 11 is -0.578. The van der Waals surface area contributed by atoms with Crippen LogP contribution in [0, 0.1) is 0 Å². The number of hydrogen-bond acceptors (Lipinski definition) is 1. The fourth-order valence-corrected chi connectivity index (χ4v) is 4.20. The Hall–Kier alpha value is 0.174. The van der Waals surface area contributed by atoms with Gasteiger partial charge >= 0.3 is 165 Å². The molecule has 0 atom stereocenters. The third-order valence-corrected chi connectivity index (χ3v) is 6.09. The van der Waals surface area contributed by atoms with Gasteiger partial charge in [0.2, 0.25) is 0 Å². The molecule has 0 aliphatic heterocycles. The van der Waals surface area contributed by atoms with Gasteiger partial charge in [0.1, 0.15) is 0 Å². The molecule has 0 unspecified atom stereocenters. The Morgan fingerprint density at radius 1 is 0.778 bits per heavy atom. The SMILES string of the molecule is Br.Br.CC(C)(C)c1cc(C(C)(C)C)c([O][Ti][C]2=CC=CC2)c(C(C)(C)C)c1. The Bertz CT molecular complexity index is 664. The molecule has 0 saturated heterocycles. The third-order valence-electron chi connectivity index (χ3n) is 4.63. The molecule has 1 aromatic carbocycles. The second kappa shape index (κ2) is 9.78. The van der Waals surface area contributed by atoms with Crippen molar-refractivity contribution in [1.29, 1.82) is 0 Å². The maximum atomic E-state index is 6.59. The van der Waals surface area contributed by atoms with E-state index in [1.54, 1.807) is 0 Å². The van der Waals surface area contributed by atoms with Gasteiger partial charge in [-0.05, 0) is 0 Å². The number of halogens is 2. The second-order valence-corrected chi connectivity index (χ2v) is 11.8. The summed E-state index contributed by atoms with van der Waals surface area (Å²) in [5, 5.41) is 0. The minimum absolute atomic E-state index is 0. The molecule has 1 aliphatic carbocycles. The summed E-state index contributed by atoms with van der Waals surface area (Å²) in [5.41, 5.74) is 4.35. The topological polar surface area (TPSA) is 9.23 Å². The normalized spacial score (nSPS) is 14.2. The van der Waals surface area contributed by atoms with Crippen molar-refractivity contribution in [3.05, 3.63) is 50.9 Å². The van der Waals surface area contributed by atoms with Crippen LogP contribution in [0.1, 0.15) is 85.4 Å². The molecule has 27 heavy (non-hydrogen) atoms. The van der Waals surface area contributed by atoms with Crippen molar-refractivity contribution in [3.8, 4) is 5.75 Å². The molecule has 0 saturated carbocycles. The molecule has 0 fully saturated rings. The van der Waals surface area contributed by atoms with Crippen LogP contribution in [0.15, 0.2) is 34.2 Å². The zero-order valence-electron chi connectivity index (χ0n) is 18.3. The monoisotopic (exact) mass is 534 g/mol. The fraction of sp³-hybridized carbons (Fsp3) is 0.565. The molecular weight excluding hydrogens is 500 g/mol. The summed E-state index contributed by atoms with van der Waals surface area (Å²) in [6, 6.07) is 4.77. The van der Waals surface area contributed by atoms with E-state index in [2.05, 4.69) is 92.7 Å². The molecule has 0 amide bonds. The van der Waals surface area contributed by atoms with Crippen molar-refractivity contribution < 1.29 is 22.9 Å². The maximum absolute atomic E-state index is 6.59. The van der Waals surface area contributed by atoms with Gasteiger partial charge in [-0.15, -0.1) is 34.0 Å². The molecule has 1 nitrogen and oxygen atoms in total. The van der Waals surface area contributed by atoms with E-state index in [1.807, 2.05) is 0 Å². The molecule has 0 bridgehead atoms. The van der Waals surface area contributed by atoms with E-state index < -0.39 is 19.5 Å². The average molecular weight is 536 g/mol. The van der Waals surface area contributed by atoms with Crippen LogP contribution in [0.4, 0.5) is 0 Å². The van der Waals surface area contributed by atoms with Crippen LogP contribution < -0.4 is 3.32 Å². The molecule has 152 valence electrons. The van der Waals surface area contributed by atoms with Gasteiger partial charge in [-0.2, -0.15) is 0 Å². The van der Waals surface area contributed by atoms with Crippen molar-refractivity contribution in [1.82, 2.24) is 0 Å². The van der Waals surface area contributed by atoms with Crippen molar-refractivity contribution in [2.24, 2.45) is 0 Å². The molecule has 4 heteroatoms. The van der Waals surface area contributed by atoms with Gasteiger partial charge in [0, 0.05) is 0 Å². The quantitative estimate of drug-likeness (QED) is 0.357. The summed E-state index contributed by atoms with van der Waals surface area (Å²) < 4.78 is 8.06. The molecule has 1 aliphatic rings. The Balaban J connectivity index is 0.00000338. The number of benzene rings is 1. The van der Waals surface area contributed by atoms with Gasteiger partial charge < -0.3 is 0 Å². The minimum atomic E-state index is -0.578. The van der Waals surface area contributed by atoms with Crippen molar-refractivity contribution in [3.63, 3.8) is 0 Å². The van der Waals surface area contributed by atoms with E-state index in [-0.39, 0.29) is 50.2 Å². The van der Waals surface area contributed by atoms with Crippen LogP contribution in [0.3, 0.4) is 0 Å². The Kier molecular flexibility index (Phi) is 9.85. The summed E-state index contributed by atoms with van der Waals surface area (Å²) in [6.45, 7) is 20.7. The fourth-order valence-electron chi connectivity index (χ4n) is 2.93. The van der Waals surface area contributed by atoms with Crippen LogP contribution >= 0.6 is 34.0 Å². The van der Waals surface area contributed by atoms with Crippen LogP contribution in [-0.2, 0) is 35.8 Å². The van der Waals surface area contributed by atoms with Gasteiger partial charge in [-0.3, -0.25) is 0 Å². The zero-order valence-corrected chi connectivity index (χ0v) is 23.3. The van der Waals surface area contributed by atoms with Crippen LogP contribution in [-0.4, -0.2) is 0 Å². The molecular formula is C23H36Br2OTi.